The van der Waals surface area contributed by atoms with Crippen molar-refractivity contribution in [2.45, 2.75) is 27.2 Å². The number of aryl methyl sites for hydroxylation is 3. The van der Waals surface area contributed by atoms with Crippen LogP contribution in [0.25, 0.3) is 0 Å². The summed E-state index contributed by atoms with van der Waals surface area (Å²) in [6, 6.07) is 14.3. The second kappa shape index (κ2) is 6.99. The summed E-state index contributed by atoms with van der Waals surface area (Å²) in [6.07, 6.45) is 0.877. The first-order chi connectivity index (χ1) is 9.66. The number of benzene rings is 2. The molecule has 2 aromatic rings. The van der Waals surface area contributed by atoms with Gasteiger partial charge in [-0.15, -0.1) is 0 Å². The molecule has 0 aliphatic heterocycles. The Bertz CT molecular complexity index is 561. The van der Waals surface area contributed by atoms with E-state index in [-0.39, 0.29) is 0 Å². The molecule has 0 fully saturated rings. The van der Waals surface area contributed by atoms with E-state index in [0.717, 1.165) is 17.9 Å². The Labute approximate surface area is 121 Å². The molecule has 0 saturated heterocycles. The van der Waals surface area contributed by atoms with Gasteiger partial charge < -0.3 is 9.47 Å². The molecule has 0 N–H and O–H groups in total. The van der Waals surface area contributed by atoms with E-state index < -0.39 is 0 Å². The fourth-order valence-corrected chi connectivity index (χ4v) is 2.00. The van der Waals surface area contributed by atoms with E-state index in [1.807, 2.05) is 18.2 Å². The van der Waals surface area contributed by atoms with Crippen LogP contribution in [-0.2, 0) is 0 Å². The van der Waals surface area contributed by atoms with E-state index in [1.54, 1.807) is 0 Å². The number of hydrogen-bond acceptors (Lipinski definition) is 2. The van der Waals surface area contributed by atoms with Crippen LogP contribution >= 0.6 is 0 Å². The van der Waals surface area contributed by atoms with Crippen molar-refractivity contribution in [1.29, 1.82) is 0 Å². The van der Waals surface area contributed by atoms with Gasteiger partial charge in [0, 0.05) is 6.42 Å². The molecule has 0 aliphatic carbocycles. The van der Waals surface area contributed by atoms with E-state index >= 15 is 0 Å². The molecule has 0 amide bonds. The quantitative estimate of drug-likeness (QED) is 0.721. The van der Waals surface area contributed by atoms with Crippen molar-refractivity contribution in [3.05, 3.63) is 59.2 Å². The minimum Gasteiger partial charge on any atom is -0.493 e. The Morgan fingerprint density at radius 1 is 0.750 bits per heavy atom. The fraction of sp³-hybridized carbons (Fsp3) is 0.333. The molecule has 2 rings (SSSR count). The molecule has 0 bridgehead atoms. The third-order valence-corrected chi connectivity index (χ3v) is 3.24. The van der Waals surface area contributed by atoms with Crippen molar-refractivity contribution in [3.63, 3.8) is 0 Å². The lowest BCUT2D eigenvalue weighted by atomic mass is 10.1. The first kappa shape index (κ1) is 14.4. The molecule has 2 heteroatoms. The molecule has 0 radical (unpaired) electrons. The molecule has 2 nitrogen and oxygen atoms in total. The Balaban J connectivity index is 1.74. The molecule has 0 atom stereocenters. The van der Waals surface area contributed by atoms with E-state index in [1.165, 1.54) is 16.7 Å². The zero-order valence-corrected chi connectivity index (χ0v) is 12.5. The van der Waals surface area contributed by atoms with Crippen LogP contribution in [0.3, 0.4) is 0 Å². The van der Waals surface area contributed by atoms with Crippen LogP contribution in [0.15, 0.2) is 42.5 Å². The summed E-state index contributed by atoms with van der Waals surface area (Å²) >= 11 is 0. The zero-order chi connectivity index (χ0) is 14.4. The highest BCUT2D eigenvalue weighted by Crippen LogP contribution is 2.19. The maximum atomic E-state index is 5.81. The second-order valence-electron chi connectivity index (χ2n) is 5.08. The van der Waals surface area contributed by atoms with Gasteiger partial charge in [0.25, 0.3) is 0 Å². The normalized spacial score (nSPS) is 10.3. The standard InChI is InChI=1S/C18H22O2/c1-14-9-10-16(3)18(13-14)20-12-6-11-19-17-8-5-4-7-15(17)2/h4-5,7-10,13H,6,11-12H2,1-3H3. The molecular weight excluding hydrogens is 248 g/mol. The van der Waals surface area contributed by atoms with E-state index in [2.05, 4.69) is 45.0 Å². The summed E-state index contributed by atoms with van der Waals surface area (Å²) in [5, 5.41) is 0. The lowest BCUT2D eigenvalue weighted by Gasteiger charge is -2.11. The maximum Gasteiger partial charge on any atom is 0.122 e. The molecule has 0 aromatic heterocycles. The van der Waals surface area contributed by atoms with Gasteiger partial charge in [0.2, 0.25) is 0 Å². The van der Waals surface area contributed by atoms with Crippen LogP contribution in [-0.4, -0.2) is 13.2 Å². The minimum absolute atomic E-state index is 0.676. The molecule has 0 heterocycles. The van der Waals surface area contributed by atoms with Crippen molar-refractivity contribution >= 4 is 0 Å². The van der Waals surface area contributed by atoms with Crippen molar-refractivity contribution < 1.29 is 9.47 Å². The van der Waals surface area contributed by atoms with Gasteiger partial charge in [-0.2, -0.15) is 0 Å². The van der Waals surface area contributed by atoms with Crippen LogP contribution < -0.4 is 9.47 Å². The fourth-order valence-electron chi connectivity index (χ4n) is 2.00. The number of para-hydroxylation sites is 1. The molecule has 0 saturated carbocycles. The Hall–Kier alpha value is -1.96. The van der Waals surface area contributed by atoms with Gasteiger partial charge in [0.1, 0.15) is 11.5 Å². The summed E-state index contributed by atoms with van der Waals surface area (Å²) in [6.45, 7) is 7.56. The largest absolute Gasteiger partial charge is 0.493 e. The Morgan fingerprint density at radius 3 is 2.15 bits per heavy atom. The average Bonchev–Trinajstić information content (AvgIpc) is 2.44. The van der Waals surface area contributed by atoms with Crippen LogP contribution in [0.2, 0.25) is 0 Å². The molecular formula is C18H22O2. The second-order valence-corrected chi connectivity index (χ2v) is 5.08. The first-order valence-corrected chi connectivity index (χ1v) is 7.05. The zero-order valence-electron chi connectivity index (χ0n) is 12.5. The van der Waals surface area contributed by atoms with Crippen molar-refractivity contribution in [1.82, 2.24) is 0 Å². The van der Waals surface area contributed by atoms with Gasteiger partial charge in [0.15, 0.2) is 0 Å². The van der Waals surface area contributed by atoms with Crippen molar-refractivity contribution in [2.24, 2.45) is 0 Å². The molecule has 106 valence electrons. The Morgan fingerprint density at radius 2 is 1.40 bits per heavy atom. The molecule has 0 spiro atoms. The summed E-state index contributed by atoms with van der Waals surface area (Å²) in [7, 11) is 0. The summed E-state index contributed by atoms with van der Waals surface area (Å²) < 4.78 is 11.6. The highest BCUT2D eigenvalue weighted by Gasteiger charge is 2.01. The van der Waals surface area contributed by atoms with E-state index in [0.29, 0.717) is 13.2 Å². The summed E-state index contributed by atoms with van der Waals surface area (Å²) in [5.74, 6) is 1.93. The van der Waals surface area contributed by atoms with Crippen LogP contribution in [0.5, 0.6) is 11.5 Å². The van der Waals surface area contributed by atoms with Gasteiger partial charge >= 0.3 is 0 Å². The van der Waals surface area contributed by atoms with Gasteiger partial charge in [-0.1, -0.05) is 30.3 Å². The number of rotatable bonds is 6. The predicted octanol–water partition coefficient (Wildman–Crippen LogP) is 4.46. The van der Waals surface area contributed by atoms with Crippen LogP contribution in [0, 0.1) is 20.8 Å². The summed E-state index contributed by atoms with van der Waals surface area (Å²) in [5.41, 5.74) is 3.57. The smallest absolute Gasteiger partial charge is 0.122 e. The van der Waals surface area contributed by atoms with Crippen LogP contribution in [0.1, 0.15) is 23.1 Å². The maximum absolute atomic E-state index is 5.81. The van der Waals surface area contributed by atoms with Crippen molar-refractivity contribution in [3.8, 4) is 11.5 Å². The van der Waals surface area contributed by atoms with Crippen molar-refractivity contribution in [2.75, 3.05) is 13.2 Å². The highest BCUT2D eigenvalue weighted by molar-refractivity contribution is 5.36. The summed E-state index contributed by atoms with van der Waals surface area (Å²) in [4.78, 5) is 0. The third kappa shape index (κ3) is 4.02. The van der Waals surface area contributed by atoms with E-state index in [4.69, 9.17) is 9.47 Å². The SMILES string of the molecule is Cc1ccc(C)c(OCCCOc2ccccc2C)c1. The van der Waals surface area contributed by atoms with Gasteiger partial charge in [0.05, 0.1) is 13.2 Å². The number of ether oxygens (including phenoxy) is 2. The van der Waals surface area contributed by atoms with Crippen LogP contribution in [0.4, 0.5) is 0 Å². The lowest BCUT2D eigenvalue weighted by Crippen LogP contribution is -2.06. The predicted molar refractivity (Wildman–Crippen MR) is 82.7 cm³/mol. The molecule has 2 aromatic carbocycles. The molecule has 0 aliphatic rings. The third-order valence-electron chi connectivity index (χ3n) is 3.24. The highest BCUT2D eigenvalue weighted by atomic mass is 16.5. The monoisotopic (exact) mass is 270 g/mol. The topological polar surface area (TPSA) is 18.5 Å². The minimum atomic E-state index is 0.676. The van der Waals surface area contributed by atoms with E-state index in [9.17, 15) is 0 Å². The molecule has 0 unspecified atom stereocenters. The molecule has 20 heavy (non-hydrogen) atoms. The lowest BCUT2D eigenvalue weighted by molar-refractivity contribution is 0.245. The average molecular weight is 270 g/mol. The van der Waals surface area contributed by atoms with Gasteiger partial charge in [-0.3, -0.25) is 0 Å². The first-order valence-electron chi connectivity index (χ1n) is 7.05. The number of hydrogen-bond donors (Lipinski definition) is 0. The van der Waals surface area contributed by atoms with Gasteiger partial charge in [-0.05, 0) is 49.6 Å². The Kier molecular flexibility index (Phi) is 5.05. The van der Waals surface area contributed by atoms with Gasteiger partial charge in [-0.25, -0.2) is 0 Å².